The van der Waals surface area contributed by atoms with Crippen molar-refractivity contribution in [1.29, 1.82) is 0 Å². The van der Waals surface area contributed by atoms with E-state index < -0.39 is 17.7 Å². The lowest BCUT2D eigenvalue weighted by molar-refractivity contribution is -0.151. The molecule has 0 saturated heterocycles. The van der Waals surface area contributed by atoms with Gasteiger partial charge >= 0.3 is 17.9 Å². The standard InChI is InChI=1S/C35H64O17/c1-2-3-4-5-6-7-33(37)51-30-28-49-26-24-47-22-20-45-18-16-43-14-12-41-10-11-42-13-15-44-17-19-46-21-23-48-25-27-50-29-31-52-34(38)9-8-32(36)35(39)40/h2-31H2,1H3,(H,39,40). The van der Waals surface area contributed by atoms with Gasteiger partial charge in [-0.15, -0.1) is 0 Å². The molecular weight excluding hydrogens is 692 g/mol. The molecule has 0 saturated carbocycles. The minimum atomic E-state index is -1.57. The number of ether oxygens (including phenoxy) is 12. The summed E-state index contributed by atoms with van der Waals surface area (Å²) in [5, 5.41) is 8.45. The van der Waals surface area contributed by atoms with Crippen molar-refractivity contribution >= 4 is 23.7 Å². The smallest absolute Gasteiger partial charge is 0.372 e. The molecule has 0 aliphatic heterocycles. The minimum Gasteiger partial charge on any atom is -0.476 e. The van der Waals surface area contributed by atoms with Crippen LogP contribution in [0.4, 0.5) is 0 Å². The summed E-state index contributed by atoms with van der Waals surface area (Å²) in [4.78, 5) is 44.3. The van der Waals surface area contributed by atoms with Gasteiger partial charge in [-0.05, 0) is 6.42 Å². The van der Waals surface area contributed by atoms with E-state index in [1.807, 2.05) is 0 Å². The van der Waals surface area contributed by atoms with Gasteiger partial charge in [-0.3, -0.25) is 14.4 Å². The van der Waals surface area contributed by atoms with Crippen LogP contribution in [0.25, 0.3) is 0 Å². The molecule has 0 unspecified atom stereocenters. The second-order valence-electron chi connectivity index (χ2n) is 11.0. The summed E-state index contributed by atoms with van der Waals surface area (Å²) in [5.41, 5.74) is 0. The topological polar surface area (TPSA) is 199 Å². The van der Waals surface area contributed by atoms with Crippen LogP contribution in [0, 0.1) is 0 Å². The predicted molar refractivity (Wildman–Crippen MR) is 185 cm³/mol. The van der Waals surface area contributed by atoms with Crippen molar-refractivity contribution in [2.75, 3.05) is 145 Å². The van der Waals surface area contributed by atoms with Crippen LogP contribution >= 0.6 is 0 Å². The monoisotopic (exact) mass is 756 g/mol. The summed E-state index contributed by atoms with van der Waals surface area (Å²) < 4.78 is 64.1. The highest BCUT2D eigenvalue weighted by atomic mass is 16.6. The molecule has 17 nitrogen and oxygen atoms in total. The zero-order valence-corrected chi connectivity index (χ0v) is 31.2. The lowest BCUT2D eigenvalue weighted by atomic mass is 10.1. The molecule has 1 N–H and O–H groups in total. The van der Waals surface area contributed by atoms with Crippen LogP contribution in [0.2, 0.25) is 0 Å². The Morgan fingerprint density at radius 2 is 0.615 bits per heavy atom. The summed E-state index contributed by atoms with van der Waals surface area (Å²) in [6.07, 6.45) is 5.34. The third-order valence-corrected chi connectivity index (χ3v) is 6.61. The van der Waals surface area contributed by atoms with Gasteiger partial charge in [0.1, 0.15) is 13.2 Å². The molecule has 0 aliphatic carbocycles. The first-order valence-corrected chi connectivity index (χ1v) is 18.3. The number of esters is 2. The second-order valence-corrected chi connectivity index (χ2v) is 11.0. The SMILES string of the molecule is CCCCCCCC(=O)OCCOCCOCCOCCOCCOCCOCCOCCOCCOCCOCCOC(=O)CCC(=O)C(=O)O. The number of carbonyl (C=O) groups is 4. The van der Waals surface area contributed by atoms with E-state index in [-0.39, 0.29) is 38.6 Å². The highest BCUT2D eigenvalue weighted by Gasteiger charge is 2.14. The molecule has 0 spiro atoms. The van der Waals surface area contributed by atoms with Gasteiger partial charge in [0.2, 0.25) is 5.78 Å². The molecule has 0 aliphatic rings. The Morgan fingerprint density at radius 1 is 0.346 bits per heavy atom. The Bertz CT molecular complexity index is 829. The van der Waals surface area contributed by atoms with Gasteiger partial charge in [-0.2, -0.15) is 0 Å². The Balaban J connectivity index is 3.15. The molecule has 0 radical (unpaired) electrons. The number of Topliss-reactive ketones (excluding diaryl/α,β-unsaturated/α-hetero) is 1. The van der Waals surface area contributed by atoms with E-state index >= 15 is 0 Å². The fraction of sp³-hybridized carbons (Fsp3) is 0.886. The fourth-order valence-corrected chi connectivity index (χ4v) is 3.85. The van der Waals surface area contributed by atoms with E-state index in [0.29, 0.717) is 132 Å². The normalized spacial score (nSPS) is 11.2. The Labute approximate surface area is 308 Å². The molecule has 0 aromatic heterocycles. The van der Waals surface area contributed by atoms with Crippen LogP contribution in [0.15, 0.2) is 0 Å². The van der Waals surface area contributed by atoms with Crippen LogP contribution in [0.5, 0.6) is 0 Å². The quantitative estimate of drug-likeness (QED) is 0.0538. The van der Waals surface area contributed by atoms with Crippen LogP contribution in [0.1, 0.15) is 58.3 Å². The Kier molecular flexibility index (Phi) is 39.6. The van der Waals surface area contributed by atoms with E-state index in [0.717, 1.165) is 12.8 Å². The molecular formula is C35H64O17. The molecule has 0 atom stereocenters. The second kappa shape index (κ2) is 41.4. The van der Waals surface area contributed by atoms with E-state index in [2.05, 4.69) is 6.92 Å². The first-order valence-electron chi connectivity index (χ1n) is 18.3. The number of hydrogen-bond donors (Lipinski definition) is 1. The number of carbonyl (C=O) groups excluding carboxylic acids is 3. The van der Waals surface area contributed by atoms with Gasteiger partial charge in [0.05, 0.1) is 139 Å². The zero-order valence-electron chi connectivity index (χ0n) is 31.2. The van der Waals surface area contributed by atoms with E-state index in [9.17, 15) is 19.2 Å². The first kappa shape index (κ1) is 49.7. The van der Waals surface area contributed by atoms with Gasteiger partial charge < -0.3 is 61.9 Å². The number of unbranched alkanes of at least 4 members (excludes halogenated alkanes) is 4. The molecule has 0 aromatic rings. The molecule has 0 bridgehead atoms. The zero-order chi connectivity index (χ0) is 38.0. The summed E-state index contributed by atoms with van der Waals surface area (Å²) in [5.74, 6) is -3.40. The third-order valence-electron chi connectivity index (χ3n) is 6.61. The Hall–Kier alpha value is -2.32. The molecule has 17 heteroatoms. The van der Waals surface area contributed by atoms with Crippen molar-refractivity contribution in [1.82, 2.24) is 0 Å². The maximum absolute atomic E-state index is 11.6. The highest BCUT2D eigenvalue weighted by Crippen LogP contribution is 2.05. The van der Waals surface area contributed by atoms with Crippen molar-refractivity contribution in [3.63, 3.8) is 0 Å². The predicted octanol–water partition coefficient (Wildman–Crippen LogP) is 2.03. The van der Waals surface area contributed by atoms with Crippen molar-refractivity contribution in [3.8, 4) is 0 Å². The Morgan fingerprint density at radius 3 is 0.904 bits per heavy atom. The van der Waals surface area contributed by atoms with Crippen LogP contribution in [-0.4, -0.2) is 174 Å². The summed E-state index contributed by atoms with van der Waals surface area (Å²) in [6, 6.07) is 0. The third kappa shape index (κ3) is 40.5. The average molecular weight is 757 g/mol. The van der Waals surface area contributed by atoms with E-state index in [1.165, 1.54) is 19.3 Å². The van der Waals surface area contributed by atoms with Gasteiger partial charge in [0.15, 0.2) is 0 Å². The minimum absolute atomic E-state index is 0.0100. The summed E-state index contributed by atoms with van der Waals surface area (Å²) in [7, 11) is 0. The number of hydrogen-bond acceptors (Lipinski definition) is 16. The lowest BCUT2D eigenvalue weighted by Gasteiger charge is -2.09. The molecule has 0 aromatic carbocycles. The molecule has 0 rings (SSSR count). The number of ketones is 1. The largest absolute Gasteiger partial charge is 0.476 e. The average Bonchev–Trinajstić information content (AvgIpc) is 3.13. The van der Waals surface area contributed by atoms with Gasteiger partial charge in [-0.1, -0.05) is 32.6 Å². The van der Waals surface area contributed by atoms with Crippen molar-refractivity contribution in [2.45, 2.75) is 58.3 Å². The van der Waals surface area contributed by atoms with Crippen LogP contribution in [-0.2, 0) is 76.0 Å². The van der Waals surface area contributed by atoms with E-state index in [1.54, 1.807) is 0 Å². The van der Waals surface area contributed by atoms with Gasteiger partial charge in [0.25, 0.3) is 0 Å². The summed E-state index contributed by atoms with van der Waals surface area (Å²) >= 11 is 0. The maximum atomic E-state index is 11.6. The first-order chi connectivity index (χ1) is 25.5. The molecule has 0 amide bonds. The van der Waals surface area contributed by atoms with Gasteiger partial charge in [-0.25, -0.2) is 4.79 Å². The summed E-state index contributed by atoms with van der Waals surface area (Å²) in [6.45, 7) is 10.9. The van der Waals surface area contributed by atoms with Crippen LogP contribution in [0.3, 0.4) is 0 Å². The molecule has 306 valence electrons. The number of rotatable bonds is 43. The molecule has 52 heavy (non-hydrogen) atoms. The maximum Gasteiger partial charge on any atom is 0.372 e. The van der Waals surface area contributed by atoms with Crippen molar-refractivity contribution in [2.24, 2.45) is 0 Å². The molecule has 0 fully saturated rings. The van der Waals surface area contributed by atoms with E-state index in [4.69, 9.17) is 61.9 Å². The highest BCUT2D eigenvalue weighted by molar-refractivity contribution is 6.32. The van der Waals surface area contributed by atoms with Crippen molar-refractivity contribution < 1.29 is 81.1 Å². The molecule has 0 heterocycles. The fourth-order valence-electron chi connectivity index (χ4n) is 3.85. The number of carboxylic acid groups (broad SMARTS) is 1. The van der Waals surface area contributed by atoms with Gasteiger partial charge in [0, 0.05) is 12.8 Å². The lowest BCUT2D eigenvalue weighted by Crippen LogP contribution is -2.17. The van der Waals surface area contributed by atoms with Crippen LogP contribution < -0.4 is 0 Å². The van der Waals surface area contributed by atoms with Crippen molar-refractivity contribution in [3.05, 3.63) is 0 Å². The number of aliphatic carboxylic acids is 1. The number of carboxylic acids is 1.